The second kappa shape index (κ2) is 10.1. The van der Waals surface area contributed by atoms with Crippen molar-refractivity contribution in [2.75, 3.05) is 51.1 Å². The molecule has 2 heterocycles. The predicted octanol–water partition coefficient (Wildman–Crippen LogP) is 2.31. The van der Waals surface area contributed by atoms with E-state index in [-0.39, 0.29) is 23.9 Å². The zero-order valence-electron chi connectivity index (χ0n) is 17.0. The summed E-state index contributed by atoms with van der Waals surface area (Å²) < 4.78 is 26.1. The molecule has 0 bridgehead atoms. The van der Waals surface area contributed by atoms with E-state index < -0.39 is 11.6 Å². The summed E-state index contributed by atoms with van der Waals surface area (Å²) in [6.07, 6.45) is 3.67. The smallest absolute Gasteiger partial charge is 0.236 e. The molecule has 1 unspecified atom stereocenters. The van der Waals surface area contributed by atoms with Gasteiger partial charge in [-0.1, -0.05) is 0 Å². The third-order valence-electron chi connectivity index (χ3n) is 5.81. The van der Waals surface area contributed by atoms with E-state index >= 15 is 0 Å². The van der Waals surface area contributed by atoms with Gasteiger partial charge in [-0.3, -0.25) is 14.5 Å². The number of nitrogens with one attached hydrogen (secondary N) is 1. The Morgan fingerprint density at radius 2 is 1.76 bits per heavy atom. The van der Waals surface area contributed by atoms with Crippen molar-refractivity contribution in [2.24, 2.45) is 0 Å². The minimum atomic E-state index is -0.979. The molecule has 0 spiro atoms. The van der Waals surface area contributed by atoms with Crippen molar-refractivity contribution in [3.8, 4) is 0 Å². The van der Waals surface area contributed by atoms with Crippen LogP contribution in [0.3, 0.4) is 0 Å². The standard InChI is InChI=1S/C21H30F2N4O2/c1-16-4-2-3-8-27(16)21(29)15-26-12-10-25(11-13-26)9-7-20(28)24-17-5-6-18(22)19(23)14-17/h5-6,14,16H,2-4,7-13,15H2,1H3,(H,24,28). The Morgan fingerprint density at radius 1 is 1.03 bits per heavy atom. The molecule has 2 aliphatic rings. The molecule has 1 atom stereocenters. The number of anilines is 1. The molecule has 0 aromatic heterocycles. The largest absolute Gasteiger partial charge is 0.339 e. The van der Waals surface area contributed by atoms with E-state index in [4.69, 9.17) is 0 Å². The number of carbonyl (C=O) groups is 2. The van der Waals surface area contributed by atoms with Crippen molar-refractivity contribution in [3.05, 3.63) is 29.8 Å². The molecule has 2 aliphatic heterocycles. The van der Waals surface area contributed by atoms with E-state index in [1.807, 2.05) is 4.90 Å². The maximum absolute atomic E-state index is 13.2. The Bertz CT molecular complexity index is 723. The van der Waals surface area contributed by atoms with Crippen LogP contribution < -0.4 is 5.32 Å². The number of piperazine rings is 1. The molecular formula is C21H30F2N4O2. The topological polar surface area (TPSA) is 55.9 Å². The SMILES string of the molecule is CC1CCCCN1C(=O)CN1CCN(CCC(=O)Nc2ccc(F)c(F)c2)CC1. The van der Waals surface area contributed by atoms with E-state index in [9.17, 15) is 18.4 Å². The van der Waals surface area contributed by atoms with Gasteiger partial charge < -0.3 is 15.1 Å². The summed E-state index contributed by atoms with van der Waals surface area (Å²) in [5.74, 6) is -1.93. The van der Waals surface area contributed by atoms with Crippen molar-refractivity contribution in [1.29, 1.82) is 0 Å². The van der Waals surface area contributed by atoms with Gasteiger partial charge in [0.1, 0.15) is 0 Å². The molecule has 1 aromatic carbocycles. The van der Waals surface area contributed by atoms with Crippen molar-refractivity contribution >= 4 is 17.5 Å². The summed E-state index contributed by atoms with van der Waals surface area (Å²) >= 11 is 0. The molecule has 29 heavy (non-hydrogen) atoms. The first-order chi connectivity index (χ1) is 13.9. The molecule has 8 heteroatoms. The lowest BCUT2D eigenvalue weighted by atomic mass is 10.0. The van der Waals surface area contributed by atoms with Crippen LogP contribution in [0.15, 0.2) is 18.2 Å². The lowest BCUT2D eigenvalue weighted by Crippen LogP contribution is -2.52. The highest BCUT2D eigenvalue weighted by molar-refractivity contribution is 5.90. The van der Waals surface area contributed by atoms with E-state index in [0.29, 0.717) is 19.1 Å². The molecule has 2 amide bonds. The molecule has 0 aliphatic carbocycles. The van der Waals surface area contributed by atoms with Crippen molar-refractivity contribution < 1.29 is 18.4 Å². The molecule has 1 N–H and O–H groups in total. The first-order valence-electron chi connectivity index (χ1n) is 10.4. The second-order valence-electron chi connectivity index (χ2n) is 7.98. The second-order valence-corrected chi connectivity index (χ2v) is 7.98. The summed E-state index contributed by atoms with van der Waals surface area (Å²) in [5.41, 5.74) is 0.254. The van der Waals surface area contributed by atoms with E-state index in [0.717, 1.165) is 57.7 Å². The van der Waals surface area contributed by atoms with Crippen LogP contribution >= 0.6 is 0 Å². The number of amides is 2. The molecule has 3 rings (SSSR count). The van der Waals surface area contributed by atoms with Gasteiger partial charge >= 0.3 is 0 Å². The summed E-state index contributed by atoms with van der Waals surface area (Å²) in [5, 5.41) is 2.59. The number of nitrogens with zero attached hydrogens (tertiary/aromatic N) is 3. The fourth-order valence-electron chi connectivity index (χ4n) is 3.98. The fraction of sp³-hybridized carbons (Fsp3) is 0.619. The lowest BCUT2D eigenvalue weighted by Gasteiger charge is -2.38. The Morgan fingerprint density at radius 3 is 2.45 bits per heavy atom. The summed E-state index contributed by atoms with van der Waals surface area (Å²) in [7, 11) is 0. The van der Waals surface area contributed by atoms with Gasteiger partial charge in [-0.05, 0) is 38.3 Å². The van der Waals surface area contributed by atoms with Crippen LogP contribution in [0.25, 0.3) is 0 Å². The predicted molar refractivity (Wildman–Crippen MR) is 108 cm³/mol. The fourth-order valence-corrected chi connectivity index (χ4v) is 3.98. The monoisotopic (exact) mass is 408 g/mol. The van der Waals surface area contributed by atoms with Gasteiger partial charge in [-0.15, -0.1) is 0 Å². The average molecular weight is 408 g/mol. The van der Waals surface area contributed by atoms with E-state index in [1.165, 1.54) is 12.5 Å². The van der Waals surface area contributed by atoms with Gasteiger partial charge in [0.15, 0.2) is 11.6 Å². The summed E-state index contributed by atoms with van der Waals surface area (Å²) in [6.45, 7) is 7.28. The maximum Gasteiger partial charge on any atom is 0.236 e. The third kappa shape index (κ3) is 6.21. The number of hydrogen-bond acceptors (Lipinski definition) is 4. The minimum absolute atomic E-state index is 0.219. The van der Waals surface area contributed by atoms with Gasteiger partial charge in [0.05, 0.1) is 6.54 Å². The van der Waals surface area contributed by atoms with Gasteiger partial charge in [0, 0.05) is 63.5 Å². The average Bonchev–Trinajstić information content (AvgIpc) is 2.70. The van der Waals surface area contributed by atoms with Crippen LogP contribution in [0.5, 0.6) is 0 Å². The number of rotatable bonds is 6. The summed E-state index contributed by atoms with van der Waals surface area (Å²) in [4.78, 5) is 31.0. The van der Waals surface area contributed by atoms with E-state index in [2.05, 4.69) is 22.0 Å². The number of hydrogen-bond donors (Lipinski definition) is 1. The van der Waals surface area contributed by atoms with E-state index in [1.54, 1.807) is 0 Å². The highest BCUT2D eigenvalue weighted by Gasteiger charge is 2.26. The van der Waals surface area contributed by atoms with Crippen LogP contribution in [-0.4, -0.2) is 78.4 Å². The Hall–Kier alpha value is -2.06. The molecule has 6 nitrogen and oxygen atoms in total. The Balaban J connectivity index is 1.35. The molecule has 2 saturated heterocycles. The molecule has 2 fully saturated rings. The molecule has 1 aromatic rings. The molecular weight excluding hydrogens is 378 g/mol. The Labute approximate surface area is 170 Å². The number of piperidine rings is 1. The van der Waals surface area contributed by atoms with Crippen molar-refractivity contribution in [2.45, 2.75) is 38.6 Å². The molecule has 0 saturated carbocycles. The van der Waals surface area contributed by atoms with Gasteiger partial charge in [-0.25, -0.2) is 8.78 Å². The van der Waals surface area contributed by atoms with Crippen LogP contribution in [0.4, 0.5) is 14.5 Å². The highest BCUT2D eigenvalue weighted by Crippen LogP contribution is 2.17. The van der Waals surface area contributed by atoms with Gasteiger partial charge in [0.2, 0.25) is 11.8 Å². The molecule has 160 valence electrons. The van der Waals surface area contributed by atoms with Crippen molar-refractivity contribution in [3.63, 3.8) is 0 Å². The number of carbonyl (C=O) groups excluding carboxylic acids is 2. The Kier molecular flexibility index (Phi) is 7.55. The quantitative estimate of drug-likeness (QED) is 0.785. The first kappa shape index (κ1) is 21.6. The highest BCUT2D eigenvalue weighted by atomic mass is 19.2. The van der Waals surface area contributed by atoms with Crippen molar-refractivity contribution in [1.82, 2.24) is 14.7 Å². The summed E-state index contributed by atoms with van der Waals surface area (Å²) in [6, 6.07) is 3.66. The maximum atomic E-state index is 13.2. The minimum Gasteiger partial charge on any atom is -0.339 e. The normalized spacial score (nSPS) is 21.2. The first-order valence-corrected chi connectivity index (χ1v) is 10.4. The number of benzene rings is 1. The van der Waals surface area contributed by atoms with Gasteiger partial charge in [0.25, 0.3) is 0 Å². The third-order valence-corrected chi connectivity index (χ3v) is 5.81. The van der Waals surface area contributed by atoms with Gasteiger partial charge in [-0.2, -0.15) is 0 Å². The number of halogens is 2. The lowest BCUT2D eigenvalue weighted by molar-refractivity contribution is -0.136. The number of likely N-dealkylation sites (tertiary alicyclic amines) is 1. The zero-order valence-corrected chi connectivity index (χ0v) is 17.0. The van der Waals surface area contributed by atoms with Crippen LogP contribution in [-0.2, 0) is 9.59 Å². The molecule has 0 radical (unpaired) electrons. The van der Waals surface area contributed by atoms with Crippen LogP contribution in [0.1, 0.15) is 32.6 Å². The van der Waals surface area contributed by atoms with Crippen LogP contribution in [0, 0.1) is 11.6 Å². The van der Waals surface area contributed by atoms with Crippen LogP contribution in [0.2, 0.25) is 0 Å². The zero-order chi connectivity index (χ0) is 20.8.